The second-order valence-electron chi connectivity index (χ2n) is 7.24. The number of rotatable bonds is 4. The summed E-state index contributed by atoms with van der Waals surface area (Å²) in [6.45, 7) is 0. The van der Waals surface area contributed by atoms with Crippen molar-refractivity contribution in [3.05, 3.63) is 35.4 Å². The maximum Gasteiger partial charge on any atom is 0.416 e. The molecule has 1 aromatic rings. The molecule has 1 aromatic carbocycles. The van der Waals surface area contributed by atoms with E-state index in [2.05, 4.69) is 4.72 Å². The molecule has 0 saturated heterocycles. The second-order valence-corrected chi connectivity index (χ2v) is 8.99. The van der Waals surface area contributed by atoms with Gasteiger partial charge in [0.1, 0.15) is 0 Å². The van der Waals surface area contributed by atoms with E-state index in [0.717, 1.165) is 38.2 Å². The van der Waals surface area contributed by atoms with E-state index in [1.165, 1.54) is 18.2 Å². The Labute approximate surface area is 158 Å². The topological polar surface area (TPSA) is 72.2 Å². The Morgan fingerprint density at radius 2 is 1.69 bits per heavy atom. The summed E-state index contributed by atoms with van der Waals surface area (Å²) in [6, 6.07) is 4.70. The SMILES string of the molecule is Cl.NC1CC2CCCC(C1)C2NS(=O)(=O)Cc1ccccc1C(F)(F)F. The molecule has 148 valence electrons. The number of halogens is 4. The van der Waals surface area contributed by atoms with Gasteiger partial charge < -0.3 is 5.73 Å². The number of nitrogens with one attached hydrogen (secondary N) is 1. The summed E-state index contributed by atoms with van der Waals surface area (Å²) in [5.74, 6) is -0.310. The molecule has 3 N–H and O–H groups in total. The molecule has 0 heterocycles. The maximum absolute atomic E-state index is 13.1. The molecular formula is C17H24ClF3N2O2S. The minimum atomic E-state index is -4.57. The molecule has 2 fully saturated rings. The molecular weight excluding hydrogens is 389 g/mol. The van der Waals surface area contributed by atoms with Crippen molar-refractivity contribution in [1.29, 1.82) is 0 Å². The van der Waals surface area contributed by atoms with E-state index in [1.807, 2.05) is 0 Å². The summed E-state index contributed by atoms with van der Waals surface area (Å²) in [4.78, 5) is 0. The fraction of sp³-hybridized carbons (Fsp3) is 0.647. The summed E-state index contributed by atoms with van der Waals surface area (Å²) in [5, 5.41) is 0. The van der Waals surface area contributed by atoms with Crippen LogP contribution in [0.25, 0.3) is 0 Å². The molecule has 2 bridgehead atoms. The lowest BCUT2D eigenvalue weighted by Crippen LogP contribution is -2.53. The van der Waals surface area contributed by atoms with Crippen LogP contribution in [0.2, 0.25) is 0 Å². The number of benzene rings is 1. The molecule has 0 spiro atoms. The first kappa shape index (κ1) is 21.5. The molecule has 0 amide bonds. The zero-order valence-electron chi connectivity index (χ0n) is 14.2. The summed E-state index contributed by atoms with van der Waals surface area (Å²) < 4.78 is 67.0. The van der Waals surface area contributed by atoms with Gasteiger partial charge in [-0.2, -0.15) is 13.2 Å². The normalized spacial score (nSPS) is 29.1. The lowest BCUT2D eigenvalue weighted by atomic mass is 9.67. The number of sulfonamides is 1. The second kappa shape index (κ2) is 8.04. The molecule has 2 aliphatic rings. The monoisotopic (exact) mass is 412 g/mol. The van der Waals surface area contributed by atoms with Crippen LogP contribution < -0.4 is 10.5 Å². The maximum atomic E-state index is 13.1. The molecule has 4 nitrogen and oxygen atoms in total. The third-order valence-corrected chi connectivity index (χ3v) is 6.68. The molecule has 9 heteroatoms. The predicted molar refractivity (Wildman–Crippen MR) is 96.3 cm³/mol. The molecule has 26 heavy (non-hydrogen) atoms. The predicted octanol–water partition coefficient (Wildman–Crippen LogP) is 3.45. The highest BCUT2D eigenvalue weighted by Crippen LogP contribution is 2.40. The molecule has 2 atom stereocenters. The zero-order valence-corrected chi connectivity index (χ0v) is 15.8. The number of alkyl halides is 3. The first-order valence-electron chi connectivity index (χ1n) is 8.56. The average Bonchev–Trinajstić information content (AvgIpc) is 2.47. The van der Waals surface area contributed by atoms with Gasteiger partial charge in [-0.05, 0) is 49.1 Å². The fourth-order valence-electron chi connectivity index (χ4n) is 4.36. The minimum Gasteiger partial charge on any atom is -0.328 e. The first-order valence-corrected chi connectivity index (χ1v) is 10.2. The summed E-state index contributed by atoms with van der Waals surface area (Å²) in [5.41, 5.74) is 4.92. The Hall–Kier alpha value is -0.830. The smallest absolute Gasteiger partial charge is 0.328 e. The Kier molecular flexibility index (Phi) is 6.64. The van der Waals surface area contributed by atoms with Gasteiger partial charge >= 0.3 is 6.18 Å². The third-order valence-electron chi connectivity index (χ3n) is 5.36. The van der Waals surface area contributed by atoms with Crippen LogP contribution >= 0.6 is 12.4 Å². The van der Waals surface area contributed by atoms with E-state index in [0.29, 0.717) is 0 Å². The van der Waals surface area contributed by atoms with Gasteiger partial charge in [0.25, 0.3) is 0 Å². The number of hydrogen-bond donors (Lipinski definition) is 2. The van der Waals surface area contributed by atoms with Gasteiger partial charge in [-0.15, -0.1) is 12.4 Å². The Bertz CT molecular complexity index is 713. The van der Waals surface area contributed by atoms with Crippen molar-refractivity contribution in [3.63, 3.8) is 0 Å². The van der Waals surface area contributed by atoms with Crippen LogP contribution in [0.15, 0.2) is 24.3 Å². The van der Waals surface area contributed by atoms with Crippen LogP contribution in [0, 0.1) is 11.8 Å². The molecule has 0 radical (unpaired) electrons. The largest absolute Gasteiger partial charge is 0.416 e. The van der Waals surface area contributed by atoms with Crippen LogP contribution in [0.5, 0.6) is 0 Å². The van der Waals surface area contributed by atoms with E-state index in [9.17, 15) is 21.6 Å². The lowest BCUT2D eigenvalue weighted by Gasteiger charge is -2.45. The highest BCUT2D eigenvalue weighted by molar-refractivity contribution is 7.88. The van der Waals surface area contributed by atoms with Gasteiger partial charge in [0, 0.05) is 12.1 Å². The van der Waals surface area contributed by atoms with Crippen molar-refractivity contribution in [2.24, 2.45) is 17.6 Å². The fourth-order valence-corrected chi connectivity index (χ4v) is 5.90. The first-order chi connectivity index (χ1) is 11.7. The van der Waals surface area contributed by atoms with Crippen molar-refractivity contribution in [2.75, 3.05) is 0 Å². The number of nitrogens with two attached hydrogens (primary N) is 1. The van der Waals surface area contributed by atoms with Crippen LogP contribution in [-0.2, 0) is 22.0 Å². The van der Waals surface area contributed by atoms with Crippen LogP contribution in [0.4, 0.5) is 13.2 Å². The highest BCUT2D eigenvalue weighted by atomic mass is 35.5. The molecule has 0 aliphatic heterocycles. The zero-order chi connectivity index (χ0) is 18.2. The van der Waals surface area contributed by atoms with Gasteiger partial charge in [0.2, 0.25) is 10.0 Å². The standard InChI is InChI=1S/C17H23F3N2O2S.ClH/c18-17(19,20)15-7-2-1-4-13(15)10-25(23,24)22-16-11-5-3-6-12(16)9-14(21)8-11;/h1-2,4,7,11-12,14,16,22H,3,5-6,8-10,21H2;1H. The molecule has 2 unspecified atom stereocenters. The van der Waals surface area contributed by atoms with E-state index < -0.39 is 27.5 Å². The van der Waals surface area contributed by atoms with E-state index in [1.54, 1.807) is 0 Å². The quantitative estimate of drug-likeness (QED) is 0.795. The van der Waals surface area contributed by atoms with Crippen LogP contribution in [0.3, 0.4) is 0 Å². The van der Waals surface area contributed by atoms with Gasteiger partial charge in [-0.25, -0.2) is 13.1 Å². The molecule has 3 rings (SSSR count). The molecule has 2 aliphatic carbocycles. The average molecular weight is 413 g/mol. The number of hydrogen-bond acceptors (Lipinski definition) is 3. The van der Waals surface area contributed by atoms with Crippen molar-refractivity contribution in [2.45, 2.75) is 56.1 Å². The summed E-state index contributed by atoms with van der Waals surface area (Å²) in [7, 11) is -3.87. The summed E-state index contributed by atoms with van der Waals surface area (Å²) >= 11 is 0. The van der Waals surface area contributed by atoms with Crippen molar-refractivity contribution >= 4 is 22.4 Å². The molecule has 2 saturated carbocycles. The van der Waals surface area contributed by atoms with Gasteiger partial charge in [-0.3, -0.25) is 0 Å². The van der Waals surface area contributed by atoms with Crippen molar-refractivity contribution < 1.29 is 21.6 Å². The van der Waals surface area contributed by atoms with Gasteiger partial charge in [0.15, 0.2) is 0 Å². The lowest BCUT2D eigenvalue weighted by molar-refractivity contribution is -0.138. The van der Waals surface area contributed by atoms with Crippen molar-refractivity contribution in [1.82, 2.24) is 4.72 Å². The van der Waals surface area contributed by atoms with Crippen LogP contribution in [-0.4, -0.2) is 20.5 Å². The Balaban J connectivity index is 0.00000243. The van der Waals surface area contributed by atoms with Crippen LogP contribution in [0.1, 0.15) is 43.2 Å². The van der Waals surface area contributed by atoms with E-state index in [4.69, 9.17) is 5.73 Å². The highest BCUT2D eigenvalue weighted by Gasteiger charge is 2.41. The van der Waals surface area contributed by atoms with Gasteiger partial charge in [-0.1, -0.05) is 24.6 Å². The number of fused-ring (bicyclic) bond motifs is 2. The third kappa shape index (κ3) is 4.91. The van der Waals surface area contributed by atoms with E-state index >= 15 is 0 Å². The Morgan fingerprint density at radius 3 is 2.27 bits per heavy atom. The van der Waals surface area contributed by atoms with E-state index in [-0.39, 0.29) is 41.9 Å². The Morgan fingerprint density at radius 1 is 1.12 bits per heavy atom. The molecule has 0 aromatic heterocycles. The van der Waals surface area contributed by atoms with Crippen molar-refractivity contribution in [3.8, 4) is 0 Å². The summed E-state index contributed by atoms with van der Waals surface area (Å²) in [6.07, 6.45) is -0.157. The minimum absolute atomic E-state index is 0. The van der Waals surface area contributed by atoms with Gasteiger partial charge in [0.05, 0.1) is 11.3 Å².